The second-order valence-electron chi connectivity index (χ2n) is 11.5. The van der Waals surface area contributed by atoms with Gasteiger partial charge >= 0.3 is 5.97 Å². The number of nitrogens with one attached hydrogen (secondary N) is 4. The number of carbonyl (C=O) groups excluding carboxylic acids is 1. The van der Waals surface area contributed by atoms with Crippen LogP contribution in [0.4, 0.5) is 0 Å². The van der Waals surface area contributed by atoms with Crippen LogP contribution in [-0.4, -0.2) is 43.4 Å². The molecule has 2 aromatic carbocycles. The number of hydrogen-bond acceptors (Lipinski definition) is 8. The summed E-state index contributed by atoms with van der Waals surface area (Å²) in [7, 11) is 1.20. The fraction of sp³-hybridized carbons (Fsp3) is 0.303. The van der Waals surface area contributed by atoms with Crippen molar-refractivity contribution in [3.63, 3.8) is 0 Å². The number of methoxy groups -OCH3 is 1. The molecule has 6 aromatic rings. The van der Waals surface area contributed by atoms with E-state index < -0.39 is 17.0 Å². The summed E-state index contributed by atoms with van der Waals surface area (Å²) in [6.45, 7) is 17.2. The number of benzene rings is 2. The highest BCUT2D eigenvalue weighted by Crippen LogP contribution is 2.27. The highest BCUT2D eigenvalue weighted by molar-refractivity contribution is 6.04. The van der Waals surface area contributed by atoms with Gasteiger partial charge in [0.1, 0.15) is 0 Å². The molecule has 0 aliphatic carbocycles. The summed E-state index contributed by atoms with van der Waals surface area (Å²) in [6.07, 6.45) is 0. The molecule has 0 saturated heterocycles. The molecule has 0 spiro atoms. The van der Waals surface area contributed by atoms with Crippen LogP contribution in [0.25, 0.3) is 43.6 Å². The van der Waals surface area contributed by atoms with Gasteiger partial charge in [-0.3, -0.25) is 29.4 Å². The standard InChI is InChI=1S/C17H17N3O4.C16H17N3O2/c1-6-7(2)9(4)12-10(8(6)3)15(21)11-13(16(22)18-12)19-20-14(11)17(23)24-5;1-6-7(2)9(4)13-11(8(6)3)15(20)12-10(5)18-19-14(12)16(21)17-13/h1-5H3,(H,18,22)(H,19,20);1-5H3,(H,17,21)(H,18,19). The maximum atomic E-state index is 13.2. The van der Waals surface area contributed by atoms with E-state index in [1.54, 1.807) is 6.92 Å². The zero-order valence-corrected chi connectivity index (χ0v) is 26.8. The molecule has 12 nitrogen and oxygen atoms in total. The molecule has 0 radical (unpaired) electrons. The molecule has 0 unspecified atom stereocenters. The van der Waals surface area contributed by atoms with E-state index in [9.17, 15) is 24.0 Å². The van der Waals surface area contributed by atoms with Crippen LogP contribution in [0.3, 0.4) is 0 Å². The smallest absolute Gasteiger partial charge is 0.356 e. The number of hydrogen-bond donors (Lipinski definition) is 4. The zero-order chi connectivity index (χ0) is 33.2. The van der Waals surface area contributed by atoms with Crippen LogP contribution in [0, 0.1) is 62.3 Å². The van der Waals surface area contributed by atoms with Crippen molar-refractivity contribution in [2.75, 3.05) is 7.11 Å². The Kier molecular flexibility index (Phi) is 7.56. The van der Waals surface area contributed by atoms with Crippen molar-refractivity contribution in [3.8, 4) is 0 Å². The van der Waals surface area contributed by atoms with E-state index in [2.05, 4.69) is 35.1 Å². The van der Waals surface area contributed by atoms with Crippen molar-refractivity contribution in [2.45, 2.75) is 62.3 Å². The number of rotatable bonds is 1. The van der Waals surface area contributed by atoms with Crippen molar-refractivity contribution in [1.29, 1.82) is 0 Å². The Labute approximate surface area is 255 Å². The Hall–Kier alpha value is -5.39. The van der Waals surface area contributed by atoms with Crippen molar-refractivity contribution in [2.24, 2.45) is 0 Å². The summed E-state index contributed by atoms with van der Waals surface area (Å²) in [5.74, 6) is -0.744. The van der Waals surface area contributed by atoms with Crippen LogP contribution in [-0.2, 0) is 4.74 Å². The van der Waals surface area contributed by atoms with E-state index in [-0.39, 0.29) is 33.1 Å². The van der Waals surface area contributed by atoms with E-state index in [0.717, 1.165) is 44.5 Å². The highest BCUT2D eigenvalue weighted by Gasteiger charge is 2.22. The molecule has 12 heteroatoms. The molecule has 0 saturated carbocycles. The molecule has 6 rings (SSSR count). The molecule has 4 N–H and O–H groups in total. The first kappa shape index (κ1) is 31.0. The number of carbonyl (C=O) groups is 1. The fourth-order valence-electron chi connectivity index (χ4n) is 5.95. The molecule has 0 atom stereocenters. The molecule has 0 bridgehead atoms. The van der Waals surface area contributed by atoms with Gasteiger partial charge in [-0.05, 0) is 107 Å². The van der Waals surface area contributed by atoms with E-state index >= 15 is 0 Å². The van der Waals surface area contributed by atoms with Gasteiger partial charge < -0.3 is 14.7 Å². The van der Waals surface area contributed by atoms with Gasteiger partial charge in [0.25, 0.3) is 11.1 Å². The Morgan fingerprint density at radius 1 is 0.533 bits per heavy atom. The average molecular weight is 611 g/mol. The second-order valence-corrected chi connectivity index (χ2v) is 11.5. The summed E-state index contributed by atoms with van der Waals surface area (Å²) >= 11 is 0. The predicted molar refractivity (Wildman–Crippen MR) is 175 cm³/mol. The Morgan fingerprint density at radius 3 is 1.40 bits per heavy atom. The molecule has 0 aliphatic heterocycles. The van der Waals surface area contributed by atoms with Crippen LogP contribution in [0.5, 0.6) is 0 Å². The number of H-pyrrole nitrogens is 4. The molecule has 4 aromatic heterocycles. The molecule has 0 aliphatic rings. The van der Waals surface area contributed by atoms with Crippen LogP contribution in [0.1, 0.15) is 60.7 Å². The maximum Gasteiger partial charge on any atom is 0.356 e. The Balaban J connectivity index is 0.000000179. The third-order valence-corrected chi connectivity index (χ3v) is 9.29. The van der Waals surface area contributed by atoms with Crippen LogP contribution < -0.4 is 22.0 Å². The van der Waals surface area contributed by atoms with Gasteiger partial charge in [0, 0.05) is 16.5 Å². The number of nitrogens with zero attached hydrogens (tertiary/aromatic N) is 2. The number of ether oxygens (including phenoxy) is 1. The van der Waals surface area contributed by atoms with Gasteiger partial charge in [0.05, 0.1) is 28.9 Å². The summed E-state index contributed by atoms with van der Waals surface area (Å²) in [5, 5.41) is 14.3. The monoisotopic (exact) mass is 610 g/mol. The van der Waals surface area contributed by atoms with Gasteiger partial charge in [-0.1, -0.05) is 0 Å². The Morgan fingerprint density at radius 2 is 0.933 bits per heavy atom. The van der Waals surface area contributed by atoms with Crippen LogP contribution in [0.15, 0.2) is 19.2 Å². The number of aromatic amines is 4. The van der Waals surface area contributed by atoms with Crippen molar-refractivity contribution in [1.82, 2.24) is 30.4 Å². The highest BCUT2D eigenvalue weighted by atomic mass is 16.5. The molecule has 232 valence electrons. The first-order valence-corrected chi connectivity index (χ1v) is 14.3. The number of esters is 1. The third-order valence-electron chi connectivity index (χ3n) is 9.29. The Bertz CT molecular complexity index is 2520. The summed E-state index contributed by atoms with van der Waals surface area (Å²) < 4.78 is 4.68. The first-order valence-electron chi connectivity index (χ1n) is 14.3. The lowest BCUT2D eigenvalue weighted by Gasteiger charge is -2.11. The fourth-order valence-corrected chi connectivity index (χ4v) is 5.95. The van der Waals surface area contributed by atoms with Gasteiger partial charge in [-0.25, -0.2) is 4.79 Å². The normalized spacial score (nSPS) is 11.3. The number of aryl methyl sites for hydroxylation is 5. The van der Waals surface area contributed by atoms with Crippen molar-refractivity contribution < 1.29 is 9.53 Å². The number of aromatic nitrogens is 6. The largest absolute Gasteiger partial charge is 0.464 e. The minimum atomic E-state index is -0.744. The quantitative estimate of drug-likeness (QED) is 0.201. The molecule has 4 heterocycles. The summed E-state index contributed by atoms with van der Waals surface area (Å²) in [6, 6.07) is 0. The van der Waals surface area contributed by atoms with E-state index in [1.807, 2.05) is 55.4 Å². The first-order chi connectivity index (χ1) is 21.1. The van der Waals surface area contributed by atoms with Gasteiger partial charge in [-0.15, -0.1) is 0 Å². The third kappa shape index (κ3) is 4.55. The molecular formula is C33H34N6O6. The zero-order valence-electron chi connectivity index (χ0n) is 26.8. The maximum absolute atomic E-state index is 13.2. The van der Waals surface area contributed by atoms with Crippen LogP contribution in [0.2, 0.25) is 0 Å². The predicted octanol–water partition coefficient (Wildman–Crippen LogP) is 4.09. The summed E-state index contributed by atoms with van der Waals surface area (Å²) in [4.78, 5) is 68.5. The van der Waals surface area contributed by atoms with Crippen LogP contribution >= 0.6 is 0 Å². The molecular weight excluding hydrogens is 576 g/mol. The van der Waals surface area contributed by atoms with Crippen molar-refractivity contribution in [3.05, 3.63) is 97.0 Å². The molecule has 0 amide bonds. The minimum absolute atomic E-state index is 0.0520. The minimum Gasteiger partial charge on any atom is -0.464 e. The second kappa shape index (κ2) is 11.0. The lowest BCUT2D eigenvalue weighted by atomic mass is 9.94. The van der Waals surface area contributed by atoms with E-state index in [0.29, 0.717) is 32.9 Å². The summed E-state index contributed by atoms with van der Waals surface area (Å²) in [5.41, 5.74) is 7.80. The topological polar surface area (TPSA) is 184 Å². The van der Waals surface area contributed by atoms with Gasteiger partial charge in [0.2, 0.25) is 0 Å². The average Bonchev–Trinajstić information content (AvgIpc) is 3.58. The van der Waals surface area contributed by atoms with Crippen molar-refractivity contribution >= 4 is 49.6 Å². The van der Waals surface area contributed by atoms with Gasteiger partial charge in [0.15, 0.2) is 27.6 Å². The van der Waals surface area contributed by atoms with E-state index in [1.165, 1.54) is 7.11 Å². The molecule has 0 fully saturated rings. The lowest BCUT2D eigenvalue weighted by molar-refractivity contribution is 0.0596. The molecule has 45 heavy (non-hydrogen) atoms. The lowest BCUT2D eigenvalue weighted by Crippen LogP contribution is -2.09. The number of fused-ring (bicyclic) bond motifs is 4. The SMILES string of the molecule is COC(=O)c1[nH]nc2c(=O)[nH]c3c(C)c(C)c(C)c(C)c3c(=O)c12.Cc1c(C)c(C)c2c(=O)c3c(C)[nH]nc3c(=O)[nH]c2c1C. The van der Waals surface area contributed by atoms with E-state index in [4.69, 9.17) is 0 Å². The van der Waals surface area contributed by atoms with Gasteiger partial charge in [-0.2, -0.15) is 10.2 Å².